The highest BCUT2D eigenvalue weighted by atomic mass is 32.2. The highest BCUT2D eigenvalue weighted by Crippen LogP contribution is 2.36. The first-order valence-electron chi connectivity index (χ1n) is 10.5. The second-order valence-corrected chi connectivity index (χ2v) is 12.2. The van der Waals surface area contributed by atoms with Gasteiger partial charge in [0.25, 0.3) is 0 Å². The van der Waals surface area contributed by atoms with Crippen molar-refractivity contribution in [2.24, 2.45) is 4.36 Å². The number of rotatable bonds is 3. The summed E-state index contributed by atoms with van der Waals surface area (Å²) >= 11 is 0. The van der Waals surface area contributed by atoms with Crippen molar-refractivity contribution in [3.05, 3.63) is 42.6 Å². The molecule has 1 aliphatic rings. The molecule has 0 N–H and O–H groups in total. The van der Waals surface area contributed by atoms with Gasteiger partial charge in [0, 0.05) is 18.0 Å². The molecular weight excluding hydrogens is 427 g/mol. The fraction of sp³-hybridized carbons (Fsp3) is 0.478. The molecule has 2 aromatic rings. The van der Waals surface area contributed by atoms with Crippen LogP contribution in [-0.2, 0) is 23.8 Å². The third kappa shape index (κ3) is 5.39. The fourth-order valence-electron chi connectivity index (χ4n) is 3.04. The first-order valence-corrected chi connectivity index (χ1v) is 12.4. The van der Waals surface area contributed by atoms with Gasteiger partial charge in [-0.25, -0.2) is 9.00 Å². The number of ether oxygens (including phenoxy) is 1. The zero-order valence-electron chi connectivity index (χ0n) is 20.0. The molecule has 1 aromatic carbocycles. The van der Waals surface area contributed by atoms with E-state index in [1.165, 1.54) is 12.5 Å². The normalized spacial score (nSPS) is 19.3. The predicted octanol–water partition coefficient (Wildman–Crippen LogP) is 4.44. The van der Waals surface area contributed by atoms with Crippen LogP contribution in [-0.4, -0.2) is 45.5 Å². The lowest BCUT2D eigenvalue weighted by atomic mass is 9.79. The Morgan fingerprint density at radius 2 is 1.59 bits per heavy atom. The van der Waals surface area contributed by atoms with Gasteiger partial charge in [0.15, 0.2) is 0 Å². The van der Waals surface area contributed by atoms with Gasteiger partial charge < -0.3 is 14.0 Å². The minimum absolute atomic E-state index is 0.362. The van der Waals surface area contributed by atoms with Crippen LogP contribution in [0.5, 0.6) is 0 Å². The van der Waals surface area contributed by atoms with Gasteiger partial charge in [0.2, 0.25) is 0 Å². The van der Waals surface area contributed by atoms with Gasteiger partial charge >= 0.3 is 13.2 Å². The summed E-state index contributed by atoms with van der Waals surface area (Å²) in [5.41, 5.74) is 1.03. The van der Waals surface area contributed by atoms with Crippen molar-refractivity contribution in [1.82, 2.24) is 4.98 Å². The Morgan fingerprint density at radius 3 is 2.06 bits per heavy atom. The lowest BCUT2D eigenvalue weighted by Crippen LogP contribution is -2.41. The SMILES string of the molecule is CC(C)(C)OC(=O)N=S(C)(=O)c1ccc(-c2ccc(B3OC(C)(C)C(C)(C)O3)cc2)nc1. The molecule has 1 unspecified atom stereocenters. The molecule has 7 nitrogen and oxygen atoms in total. The first kappa shape index (κ1) is 24.4. The quantitative estimate of drug-likeness (QED) is 0.632. The topological polar surface area (TPSA) is 87.1 Å². The summed E-state index contributed by atoms with van der Waals surface area (Å²) in [5, 5.41) is 0. The second kappa shape index (κ2) is 8.28. The van der Waals surface area contributed by atoms with E-state index >= 15 is 0 Å². The standard InChI is InChI=1S/C23H31BN2O5S/c1-21(2,3)29-20(27)26-32(8,28)18-13-14-19(25-15-18)16-9-11-17(12-10-16)24-30-22(4,5)23(6,7)31-24/h9-15H,1-8H3. The number of amides is 1. The molecule has 0 radical (unpaired) electrons. The molecule has 1 saturated heterocycles. The Hall–Kier alpha value is -2.23. The maximum absolute atomic E-state index is 12.9. The lowest BCUT2D eigenvalue weighted by molar-refractivity contribution is 0.00578. The number of benzene rings is 1. The van der Waals surface area contributed by atoms with Crippen LogP contribution >= 0.6 is 0 Å². The Bertz CT molecular complexity index is 1100. The zero-order chi connectivity index (χ0) is 23.9. The van der Waals surface area contributed by atoms with Gasteiger partial charge in [-0.3, -0.25) is 4.98 Å². The third-order valence-corrected chi connectivity index (χ3v) is 7.16. The molecule has 1 aliphatic heterocycles. The van der Waals surface area contributed by atoms with E-state index in [0.29, 0.717) is 10.6 Å². The summed E-state index contributed by atoms with van der Waals surface area (Å²) < 4.78 is 34.0. The van der Waals surface area contributed by atoms with Crippen molar-refractivity contribution in [3.63, 3.8) is 0 Å². The number of carbonyl (C=O) groups is 1. The van der Waals surface area contributed by atoms with E-state index < -0.39 is 39.7 Å². The highest BCUT2D eigenvalue weighted by molar-refractivity contribution is 7.93. The Morgan fingerprint density at radius 1 is 1.03 bits per heavy atom. The minimum atomic E-state index is -2.97. The number of carbonyl (C=O) groups excluding carboxylic acids is 1. The van der Waals surface area contributed by atoms with Crippen molar-refractivity contribution in [2.45, 2.75) is 70.2 Å². The van der Waals surface area contributed by atoms with Gasteiger partial charge in [0.1, 0.15) is 5.60 Å². The van der Waals surface area contributed by atoms with E-state index in [1.54, 1.807) is 32.9 Å². The summed E-state index contributed by atoms with van der Waals surface area (Å²) in [6.07, 6.45) is 2.02. The number of nitrogens with zero attached hydrogens (tertiary/aromatic N) is 2. The van der Waals surface area contributed by atoms with E-state index in [4.69, 9.17) is 14.0 Å². The third-order valence-electron chi connectivity index (χ3n) is 5.55. The maximum atomic E-state index is 12.9. The van der Waals surface area contributed by atoms with Crippen molar-refractivity contribution < 1.29 is 23.0 Å². The van der Waals surface area contributed by atoms with Crippen LogP contribution in [0.4, 0.5) is 4.79 Å². The summed E-state index contributed by atoms with van der Waals surface area (Å²) in [6, 6.07) is 11.2. The zero-order valence-corrected chi connectivity index (χ0v) is 20.8. The molecule has 0 saturated carbocycles. The van der Waals surface area contributed by atoms with Gasteiger partial charge in [-0.15, -0.1) is 4.36 Å². The van der Waals surface area contributed by atoms with Gasteiger partial charge in [-0.2, -0.15) is 0 Å². The van der Waals surface area contributed by atoms with Crippen LogP contribution in [0.3, 0.4) is 0 Å². The van der Waals surface area contributed by atoms with Crippen LogP contribution in [0.15, 0.2) is 51.9 Å². The van der Waals surface area contributed by atoms with E-state index in [-0.39, 0.29) is 0 Å². The molecular formula is C23H31BN2O5S. The molecule has 9 heteroatoms. The summed E-state index contributed by atoms with van der Waals surface area (Å²) in [6.45, 7) is 13.3. The van der Waals surface area contributed by atoms with E-state index in [0.717, 1.165) is 11.0 Å². The first-order chi connectivity index (χ1) is 14.6. The Kier molecular flexibility index (Phi) is 6.32. The molecule has 0 aliphatic carbocycles. The van der Waals surface area contributed by atoms with E-state index in [1.807, 2.05) is 52.0 Å². The molecule has 1 aromatic heterocycles. The van der Waals surface area contributed by atoms with Crippen LogP contribution in [0, 0.1) is 0 Å². The molecule has 1 atom stereocenters. The monoisotopic (exact) mass is 458 g/mol. The van der Waals surface area contributed by atoms with Crippen LogP contribution in [0.2, 0.25) is 0 Å². The molecule has 32 heavy (non-hydrogen) atoms. The largest absolute Gasteiger partial charge is 0.494 e. The van der Waals surface area contributed by atoms with Crippen molar-refractivity contribution in [2.75, 3.05) is 6.26 Å². The Labute approximate surface area is 191 Å². The van der Waals surface area contributed by atoms with Crippen molar-refractivity contribution >= 4 is 28.4 Å². The molecule has 0 spiro atoms. The average molecular weight is 458 g/mol. The maximum Gasteiger partial charge on any atom is 0.494 e. The molecule has 3 rings (SSSR count). The molecule has 2 heterocycles. The summed E-state index contributed by atoms with van der Waals surface area (Å²) in [5.74, 6) is 0. The second-order valence-electron chi connectivity index (χ2n) is 9.96. The van der Waals surface area contributed by atoms with Crippen LogP contribution in [0.25, 0.3) is 11.3 Å². The highest BCUT2D eigenvalue weighted by Gasteiger charge is 2.51. The average Bonchev–Trinajstić information content (AvgIpc) is 2.87. The number of pyridine rings is 1. The van der Waals surface area contributed by atoms with Crippen molar-refractivity contribution in [3.8, 4) is 11.3 Å². The number of hydrogen-bond donors (Lipinski definition) is 0. The van der Waals surface area contributed by atoms with Gasteiger partial charge in [-0.1, -0.05) is 24.3 Å². The molecule has 172 valence electrons. The van der Waals surface area contributed by atoms with E-state index in [9.17, 15) is 9.00 Å². The van der Waals surface area contributed by atoms with Crippen LogP contribution < -0.4 is 5.46 Å². The Balaban J connectivity index is 1.77. The van der Waals surface area contributed by atoms with Gasteiger partial charge in [0.05, 0.1) is 31.5 Å². The van der Waals surface area contributed by atoms with Crippen molar-refractivity contribution in [1.29, 1.82) is 0 Å². The number of hydrogen-bond acceptors (Lipinski definition) is 6. The summed E-state index contributed by atoms with van der Waals surface area (Å²) in [7, 11) is -3.39. The molecule has 0 bridgehead atoms. The van der Waals surface area contributed by atoms with Gasteiger partial charge in [-0.05, 0) is 66.1 Å². The fourth-order valence-corrected chi connectivity index (χ4v) is 4.04. The smallest absolute Gasteiger partial charge is 0.442 e. The molecule has 1 amide bonds. The number of aromatic nitrogens is 1. The predicted molar refractivity (Wildman–Crippen MR) is 126 cm³/mol. The van der Waals surface area contributed by atoms with E-state index in [2.05, 4.69) is 9.35 Å². The summed E-state index contributed by atoms with van der Waals surface area (Å²) in [4.78, 5) is 16.7. The van der Waals surface area contributed by atoms with Crippen LogP contribution in [0.1, 0.15) is 48.5 Å². The minimum Gasteiger partial charge on any atom is -0.442 e. The lowest BCUT2D eigenvalue weighted by Gasteiger charge is -2.32. The molecule has 1 fully saturated rings.